The number of thiocarbonyl (C=S) groups is 1. The van der Waals surface area contributed by atoms with Crippen LogP contribution in [-0.2, 0) is 17.7 Å². The Bertz CT molecular complexity index is 884. The minimum Gasteiger partial charge on any atom is -0.378 e. The molecule has 0 spiro atoms. The third-order valence-electron chi connectivity index (χ3n) is 5.39. The Balaban J connectivity index is 1.58. The molecule has 30 heavy (non-hydrogen) atoms. The van der Waals surface area contributed by atoms with Gasteiger partial charge in [0.2, 0.25) is 5.95 Å². The van der Waals surface area contributed by atoms with Gasteiger partial charge < -0.3 is 25.2 Å². The van der Waals surface area contributed by atoms with Gasteiger partial charge in [0.15, 0.2) is 5.11 Å². The number of rotatable bonds is 5. The minimum atomic E-state index is 0.509. The Morgan fingerprint density at radius 1 is 1.07 bits per heavy atom. The molecular weight excluding hydrogens is 396 g/mol. The molecule has 7 nitrogen and oxygen atoms in total. The molecule has 2 N–H and O–H groups in total. The lowest BCUT2D eigenvalue weighted by molar-refractivity contribution is 0.122. The number of benzene rings is 1. The number of hydrogen-bond acceptors (Lipinski definition) is 6. The van der Waals surface area contributed by atoms with E-state index in [1.807, 2.05) is 0 Å². The van der Waals surface area contributed by atoms with E-state index in [0.29, 0.717) is 30.2 Å². The molecule has 2 aromatic rings. The number of nitrogens with one attached hydrogen (secondary N) is 2. The zero-order valence-electron chi connectivity index (χ0n) is 17.7. The van der Waals surface area contributed by atoms with Gasteiger partial charge in [-0.05, 0) is 35.7 Å². The maximum absolute atomic E-state index is 5.51. The molecular formula is C22H30N6OS. The molecule has 1 aromatic heterocycles. The van der Waals surface area contributed by atoms with E-state index >= 15 is 0 Å². The van der Waals surface area contributed by atoms with E-state index in [4.69, 9.17) is 26.9 Å². The summed E-state index contributed by atoms with van der Waals surface area (Å²) in [6.45, 7) is 9.99. The van der Waals surface area contributed by atoms with Crippen molar-refractivity contribution in [2.75, 3.05) is 54.5 Å². The van der Waals surface area contributed by atoms with Crippen LogP contribution in [0.3, 0.4) is 0 Å². The molecule has 3 heterocycles. The second-order valence-corrected chi connectivity index (χ2v) is 8.58. The Hall–Kier alpha value is -2.45. The third-order valence-corrected chi connectivity index (χ3v) is 5.63. The average molecular weight is 427 g/mol. The van der Waals surface area contributed by atoms with Crippen molar-refractivity contribution in [1.82, 2.24) is 15.3 Å². The molecule has 0 amide bonds. The molecule has 0 aliphatic carbocycles. The van der Waals surface area contributed by atoms with Gasteiger partial charge in [-0.3, -0.25) is 0 Å². The van der Waals surface area contributed by atoms with Gasteiger partial charge in [0.1, 0.15) is 11.6 Å². The zero-order valence-corrected chi connectivity index (χ0v) is 18.5. The fourth-order valence-electron chi connectivity index (χ4n) is 3.73. The first-order valence-corrected chi connectivity index (χ1v) is 11.1. The summed E-state index contributed by atoms with van der Waals surface area (Å²) in [7, 11) is 0. The van der Waals surface area contributed by atoms with Gasteiger partial charge in [-0.2, -0.15) is 9.97 Å². The Kier molecular flexibility index (Phi) is 6.64. The summed E-state index contributed by atoms with van der Waals surface area (Å²) in [5.74, 6) is 2.88. The van der Waals surface area contributed by atoms with E-state index in [1.54, 1.807) is 0 Å². The number of anilines is 3. The molecule has 4 rings (SSSR count). The lowest BCUT2D eigenvalue weighted by Crippen LogP contribution is -2.38. The van der Waals surface area contributed by atoms with Crippen molar-refractivity contribution < 1.29 is 4.74 Å². The molecule has 8 heteroatoms. The predicted molar refractivity (Wildman–Crippen MR) is 125 cm³/mol. The van der Waals surface area contributed by atoms with Crippen LogP contribution in [0.1, 0.15) is 25.0 Å². The van der Waals surface area contributed by atoms with Gasteiger partial charge in [-0.25, -0.2) is 0 Å². The highest BCUT2D eigenvalue weighted by molar-refractivity contribution is 7.80. The zero-order chi connectivity index (χ0) is 20.9. The topological polar surface area (TPSA) is 65.6 Å². The molecule has 0 radical (unpaired) electrons. The predicted octanol–water partition coefficient (Wildman–Crippen LogP) is 2.82. The summed E-state index contributed by atoms with van der Waals surface area (Å²) in [6, 6.07) is 10.7. The van der Waals surface area contributed by atoms with Crippen molar-refractivity contribution in [3.8, 4) is 0 Å². The fourth-order valence-corrected chi connectivity index (χ4v) is 3.90. The largest absolute Gasteiger partial charge is 0.378 e. The Labute approximate surface area is 183 Å². The van der Waals surface area contributed by atoms with E-state index in [9.17, 15) is 0 Å². The monoisotopic (exact) mass is 426 g/mol. The highest BCUT2D eigenvalue weighted by atomic mass is 32.1. The van der Waals surface area contributed by atoms with Gasteiger partial charge in [-0.1, -0.05) is 38.1 Å². The van der Waals surface area contributed by atoms with Gasteiger partial charge >= 0.3 is 0 Å². The Morgan fingerprint density at radius 2 is 1.77 bits per heavy atom. The van der Waals surface area contributed by atoms with Gasteiger partial charge in [0, 0.05) is 38.8 Å². The lowest BCUT2D eigenvalue weighted by atomic mass is 10.00. The number of fused-ring (bicyclic) bond motifs is 1. The number of morpholine rings is 1. The first-order valence-electron chi connectivity index (χ1n) is 10.7. The van der Waals surface area contributed by atoms with E-state index in [2.05, 4.69) is 64.6 Å². The van der Waals surface area contributed by atoms with Crippen LogP contribution in [0.25, 0.3) is 0 Å². The smallest absolute Gasteiger partial charge is 0.232 e. The highest BCUT2D eigenvalue weighted by Gasteiger charge is 2.21. The molecule has 2 aliphatic heterocycles. The van der Waals surface area contributed by atoms with Crippen LogP contribution in [0, 0.1) is 5.92 Å². The van der Waals surface area contributed by atoms with Gasteiger partial charge in [0.25, 0.3) is 0 Å². The summed E-state index contributed by atoms with van der Waals surface area (Å²) < 4.78 is 5.51. The van der Waals surface area contributed by atoms with Crippen molar-refractivity contribution in [3.05, 3.63) is 41.5 Å². The Morgan fingerprint density at radius 3 is 2.50 bits per heavy atom. The lowest BCUT2D eigenvalue weighted by Gasteiger charge is -2.32. The number of hydrogen-bond donors (Lipinski definition) is 2. The molecule has 160 valence electrons. The third kappa shape index (κ3) is 5.17. The van der Waals surface area contributed by atoms with Crippen LogP contribution in [0.15, 0.2) is 30.3 Å². The van der Waals surface area contributed by atoms with E-state index in [0.717, 1.165) is 50.8 Å². The van der Waals surface area contributed by atoms with Crippen LogP contribution >= 0.6 is 12.2 Å². The fraction of sp³-hybridized carbons (Fsp3) is 0.500. The first kappa shape index (κ1) is 20.8. The second-order valence-electron chi connectivity index (χ2n) is 8.18. The van der Waals surface area contributed by atoms with Crippen molar-refractivity contribution in [2.45, 2.75) is 26.8 Å². The van der Waals surface area contributed by atoms with Crippen LogP contribution in [0.2, 0.25) is 0 Å². The second kappa shape index (κ2) is 9.57. The van der Waals surface area contributed by atoms with Gasteiger partial charge in [-0.15, -0.1) is 0 Å². The highest BCUT2D eigenvalue weighted by Crippen LogP contribution is 2.27. The molecule has 0 saturated carbocycles. The van der Waals surface area contributed by atoms with Crippen LogP contribution < -0.4 is 20.4 Å². The van der Waals surface area contributed by atoms with Crippen molar-refractivity contribution >= 4 is 34.9 Å². The maximum Gasteiger partial charge on any atom is 0.232 e. The van der Waals surface area contributed by atoms with Crippen LogP contribution in [-0.4, -0.2) is 54.5 Å². The normalized spacial score (nSPS) is 16.4. The quantitative estimate of drug-likeness (QED) is 0.708. The van der Waals surface area contributed by atoms with E-state index in [1.165, 1.54) is 11.1 Å². The molecule has 0 atom stereocenters. The average Bonchev–Trinajstić information content (AvgIpc) is 2.78. The van der Waals surface area contributed by atoms with Gasteiger partial charge in [0.05, 0.1) is 13.2 Å². The molecule has 2 aliphatic rings. The summed E-state index contributed by atoms with van der Waals surface area (Å²) in [5.41, 5.74) is 2.78. The molecule has 1 fully saturated rings. The van der Waals surface area contributed by atoms with E-state index < -0.39 is 0 Å². The first-order chi connectivity index (χ1) is 14.6. The van der Waals surface area contributed by atoms with Crippen LogP contribution in [0.4, 0.5) is 17.6 Å². The van der Waals surface area contributed by atoms with Crippen molar-refractivity contribution in [1.29, 1.82) is 0 Å². The van der Waals surface area contributed by atoms with Crippen molar-refractivity contribution in [2.24, 2.45) is 5.92 Å². The molecule has 0 unspecified atom stereocenters. The molecule has 1 saturated heterocycles. The maximum atomic E-state index is 5.51. The summed E-state index contributed by atoms with van der Waals surface area (Å²) in [4.78, 5) is 14.1. The summed E-state index contributed by atoms with van der Waals surface area (Å²) in [6.07, 6.45) is 1.02. The minimum absolute atomic E-state index is 0.509. The van der Waals surface area contributed by atoms with Crippen LogP contribution in [0.5, 0.6) is 0 Å². The van der Waals surface area contributed by atoms with E-state index in [-0.39, 0.29) is 0 Å². The number of nitrogens with zero attached hydrogens (tertiary/aromatic N) is 4. The molecule has 0 bridgehead atoms. The summed E-state index contributed by atoms with van der Waals surface area (Å²) in [5, 5.41) is 6.98. The number of aromatic nitrogens is 2. The molecule has 1 aromatic carbocycles. The van der Waals surface area contributed by atoms with Crippen molar-refractivity contribution in [3.63, 3.8) is 0 Å². The SMILES string of the molecule is CC(C)CNC(=S)Nc1nc(N2CCOCC2)cc(N2CCc3ccccc3C2)n1. The summed E-state index contributed by atoms with van der Waals surface area (Å²) >= 11 is 5.46. The standard InChI is InChI=1S/C22H30N6OS/c1-16(2)14-23-22(30)26-21-24-19(27-9-11-29-12-10-27)13-20(25-21)28-8-7-17-5-3-4-6-18(17)15-28/h3-6,13,16H,7-12,14-15H2,1-2H3,(H2,23,24,25,26,30). The number of ether oxygens (including phenoxy) is 1.